The molecule has 4 heteroatoms. The highest BCUT2D eigenvalue weighted by atomic mass is 16.5. The van der Waals surface area contributed by atoms with E-state index in [4.69, 9.17) is 15.2 Å². The van der Waals surface area contributed by atoms with Gasteiger partial charge in [-0.05, 0) is 31.0 Å². The molecule has 1 heterocycles. The van der Waals surface area contributed by atoms with Crippen LogP contribution in [0.1, 0.15) is 25.3 Å². The number of nitrogens with zero attached hydrogens (tertiary/aromatic N) is 1. The molecular formula is C16H24N2O2. The average Bonchev–Trinajstić information content (AvgIpc) is 2.81. The van der Waals surface area contributed by atoms with E-state index in [-0.39, 0.29) is 0 Å². The maximum atomic E-state index is 5.63. The summed E-state index contributed by atoms with van der Waals surface area (Å²) in [6, 6.07) is 4.14. The van der Waals surface area contributed by atoms with Crippen LogP contribution in [0.15, 0.2) is 18.3 Å². The van der Waals surface area contributed by atoms with Crippen molar-refractivity contribution < 1.29 is 9.47 Å². The number of benzene rings is 1. The molecule has 2 N–H and O–H groups in total. The molecule has 0 saturated heterocycles. The topological polar surface area (TPSA) is 49.4 Å². The fourth-order valence-corrected chi connectivity index (χ4v) is 2.61. The molecule has 2 aromatic rings. The van der Waals surface area contributed by atoms with Crippen LogP contribution in [0, 0.1) is 0 Å². The molecule has 20 heavy (non-hydrogen) atoms. The number of hydrogen-bond donors (Lipinski definition) is 1. The molecule has 110 valence electrons. The van der Waals surface area contributed by atoms with Gasteiger partial charge < -0.3 is 19.8 Å². The molecule has 0 bridgehead atoms. The lowest BCUT2D eigenvalue weighted by Crippen LogP contribution is -2.04. The molecule has 1 aromatic carbocycles. The van der Waals surface area contributed by atoms with E-state index in [0.29, 0.717) is 6.54 Å². The second-order valence-electron chi connectivity index (χ2n) is 4.96. The lowest BCUT2D eigenvalue weighted by atomic mass is 10.1. The third-order valence-corrected chi connectivity index (χ3v) is 3.59. The van der Waals surface area contributed by atoms with Crippen LogP contribution in [-0.4, -0.2) is 25.3 Å². The van der Waals surface area contributed by atoms with Crippen molar-refractivity contribution in [1.82, 2.24) is 4.57 Å². The molecule has 0 saturated carbocycles. The zero-order valence-electron chi connectivity index (χ0n) is 12.6. The molecule has 1 aromatic heterocycles. The van der Waals surface area contributed by atoms with Crippen LogP contribution >= 0.6 is 0 Å². The highest BCUT2D eigenvalue weighted by molar-refractivity contribution is 5.87. The fraction of sp³-hybridized carbons (Fsp3) is 0.500. The minimum Gasteiger partial charge on any atom is -0.493 e. The van der Waals surface area contributed by atoms with Gasteiger partial charge in [-0.2, -0.15) is 0 Å². The number of hydrogen-bond acceptors (Lipinski definition) is 3. The Kier molecular flexibility index (Phi) is 4.90. The van der Waals surface area contributed by atoms with Crippen LogP contribution < -0.4 is 15.2 Å². The highest BCUT2D eigenvalue weighted by Crippen LogP contribution is 2.35. The Hall–Kier alpha value is -1.68. The Labute approximate surface area is 120 Å². The van der Waals surface area contributed by atoms with Gasteiger partial charge >= 0.3 is 0 Å². The van der Waals surface area contributed by atoms with Gasteiger partial charge in [0.25, 0.3) is 0 Å². The van der Waals surface area contributed by atoms with Gasteiger partial charge in [0.1, 0.15) is 0 Å². The maximum absolute atomic E-state index is 5.63. The van der Waals surface area contributed by atoms with E-state index >= 15 is 0 Å². The van der Waals surface area contributed by atoms with Crippen LogP contribution in [0.3, 0.4) is 0 Å². The Morgan fingerprint density at radius 2 is 1.85 bits per heavy atom. The van der Waals surface area contributed by atoms with Gasteiger partial charge in [0.2, 0.25) is 0 Å². The molecule has 4 nitrogen and oxygen atoms in total. The quantitative estimate of drug-likeness (QED) is 0.846. The third kappa shape index (κ3) is 2.75. The Morgan fingerprint density at radius 1 is 1.15 bits per heavy atom. The van der Waals surface area contributed by atoms with Gasteiger partial charge in [0.15, 0.2) is 11.5 Å². The summed E-state index contributed by atoms with van der Waals surface area (Å²) in [5.74, 6) is 1.56. The van der Waals surface area contributed by atoms with E-state index in [0.717, 1.165) is 37.3 Å². The standard InChI is InChI=1S/C16H24N2O2/c1-4-6-12-11-18(8-5-7-17)14-10-16(20-3)15(19-2)9-13(12)14/h9-11H,4-8,17H2,1-3H3. The summed E-state index contributed by atoms with van der Waals surface area (Å²) in [6.07, 6.45) is 5.42. The molecule has 0 aliphatic rings. The van der Waals surface area contributed by atoms with E-state index in [1.807, 2.05) is 0 Å². The molecule has 0 radical (unpaired) electrons. The van der Waals surface area contributed by atoms with Crippen molar-refractivity contribution >= 4 is 10.9 Å². The van der Waals surface area contributed by atoms with Crippen molar-refractivity contribution in [2.75, 3.05) is 20.8 Å². The van der Waals surface area contributed by atoms with Crippen LogP contribution in [-0.2, 0) is 13.0 Å². The molecule has 0 atom stereocenters. The first-order valence-electron chi connectivity index (χ1n) is 7.19. The van der Waals surface area contributed by atoms with Crippen LogP contribution in [0.5, 0.6) is 11.5 Å². The Morgan fingerprint density at radius 3 is 2.45 bits per heavy atom. The van der Waals surface area contributed by atoms with Crippen molar-refractivity contribution in [2.24, 2.45) is 5.73 Å². The first-order chi connectivity index (χ1) is 9.74. The number of aryl methyl sites for hydroxylation is 2. The summed E-state index contributed by atoms with van der Waals surface area (Å²) >= 11 is 0. The number of methoxy groups -OCH3 is 2. The largest absolute Gasteiger partial charge is 0.493 e. The van der Waals surface area contributed by atoms with Crippen LogP contribution in [0.4, 0.5) is 0 Å². The zero-order chi connectivity index (χ0) is 14.5. The lowest BCUT2D eigenvalue weighted by molar-refractivity contribution is 0.355. The van der Waals surface area contributed by atoms with Gasteiger partial charge in [-0.15, -0.1) is 0 Å². The second kappa shape index (κ2) is 6.66. The number of rotatable bonds is 7. The van der Waals surface area contributed by atoms with Gasteiger partial charge in [-0.3, -0.25) is 0 Å². The lowest BCUT2D eigenvalue weighted by Gasteiger charge is -2.10. The minimum atomic E-state index is 0.704. The predicted octanol–water partition coefficient (Wildman–Crippen LogP) is 2.96. The summed E-state index contributed by atoms with van der Waals surface area (Å²) in [7, 11) is 3.35. The number of fused-ring (bicyclic) bond motifs is 1. The second-order valence-corrected chi connectivity index (χ2v) is 4.96. The maximum Gasteiger partial charge on any atom is 0.162 e. The molecule has 0 unspecified atom stereocenters. The van der Waals surface area contributed by atoms with E-state index < -0.39 is 0 Å². The van der Waals surface area contributed by atoms with E-state index in [2.05, 4.69) is 29.8 Å². The minimum absolute atomic E-state index is 0.704. The van der Waals surface area contributed by atoms with E-state index in [1.165, 1.54) is 16.5 Å². The monoisotopic (exact) mass is 276 g/mol. The molecule has 0 aliphatic heterocycles. The first-order valence-corrected chi connectivity index (χ1v) is 7.19. The van der Waals surface area contributed by atoms with E-state index in [1.54, 1.807) is 14.2 Å². The first kappa shape index (κ1) is 14.7. The van der Waals surface area contributed by atoms with Crippen LogP contribution in [0.25, 0.3) is 10.9 Å². The van der Waals surface area contributed by atoms with Gasteiger partial charge in [-0.1, -0.05) is 13.3 Å². The highest BCUT2D eigenvalue weighted by Gasteiger charge is 2.13. The number of nitrogens with two attached hydrogens (primary N) is 1. The summed E-state index contributed by atoms with van der Waals surface area (Å²) < 4.78 is 13.1. The van der Waals surface area contributed by atoms with Crippen molar-refractivity contribution in [3.8, 4) is 11.5 Å². The summed E-state index contributed by atoms with van der Waals surface area (Å²) in [4.78, 5) is 0. The van der Waals surface area contributed by atoms with Gasteiger partial charge in [0, 0.05) is 24.2 Å². The van der Waals surface area contributed by atoms with Crippen molar-refractivity contribution in [3.63, 3.8) is 0 Å². The third-order valence-electron chi connectivity index (χ3n) is 3.59. The molecule has 0 amide bonds. The van der Waals surface area contributed by atoms with Crippen molar-refractivity contribution in [1.29, 1.82) is 0 Å². The zero-order valence-corrected chi connectivity index (χ0v) is 12.6. The molecular weight excluding hydrogens is 252 g/mol. The van der Waals surface area contributed by atoms with E-state index in [9.17, 15) is 0 Å². The number of aromatic nitrogens is 1. The van der Waals surface area contributed by atoms with Crippen LogP contribution in [0.2, 0.25) is 0 Å². The van der Waals surface area contributed by atoms with Crippen molar-refractivity contribution in [3.05, 3.63) is 23.9 Å². The summed E-state index contributed by atoms with van der Waals surface area (Å²) in [6.45, 7) is 3.84. The average molecular weight is 276 g/mol. The molecule has 0 fully saturated rings. The van der Waals surface area contributed by atoms with Gasteiger partial charge in [-0.25, -0.2) is 0 Å². The van der Waals surface area contributed by atoms with Crippen molar-refractivity contribution in [2.45, 2.75) is 32.7 Å². The Balaban J connectivity index is 2.56. The van der Waals surface area contributed by atoms with Gasteiger partial charge in [0.05, 0.1) is 19.7 Å². The predicted molar refractivity (Wildman–Crippen MR) is 82.7 cm³/mol. The summed E-state index contributed by atoms with van der Waals surface area (Å²) in [5, 5.41) is 1.25. The molecule has 0 aliphatic carbocycles. The SMILES string of the molecule is CCCc1cn(CCCN)c2cc(OC)c(OC)cc12. The molecule has 2 rings (SSSR count). The number of ether oxygens (including phenoxy) is 2. The smallest absolute Gasteiger partial charge is 0.162 e. The fourth-order valence-electron chi connectivity index (χ4n) is 2.61. The Bertz CT molecular complexity index is 575. The molecule has 0 spiro atoms. The summed E-state index contributed by atoms with van der Waals surface area (Å²) in [5.41, 5.74) is 8.19. The normalized spacial score (nSPS) is 11.0.